The summed E-state index contributed by atoms with van der Waals surface area (Å²) in [6.07, 6.45) is 17.5. The number of benzene rings is 1. The number of phosphoric ester groups is 1. The first kappa shape index (κ1) is 46.5. The van der Waals surface area contributed by atoms with Crippen molar-refractivity contribution in [3.05, 3.63) is 53.7 Å². The number of hydrogen-bond acceptors (Lipinski definition) is 12. The van der Waals surface area contributed by atoms with Crippen LogP contribution in [0.5, 0.6) is 5.75 Å². The van der Waals surface area contributed by atoms with Gasteiger partial charge >= 0.3 is 7.82 Å². The normalized spacial score (nSPS) is 21.1. The fourth-order valence-electron chi connectivity index (χ4n) is 7.02. The zero-order valence-corrected chi connectivity index (χ0v) is 34.5. The second-order valence-corrected chi connectivity index (χ2v) is 16.8. The lowest BCUT2D eigenvalue weighted by atomic mass is 9.97. The lowest BCUT2D eigenvalue weighted by Gasteiger charge is -2.28. The monoisotopic (exact) mass is 819 g/mol. The third-order valence-corrected chi connectivity index (χ3v) is 11.4. The predicted molar refractivity (Wildman–Crippen MR) is 214 cm³/mol. The number of rotatable bonds is 29. The average molecular weight is 820 g/mol. The molecule has 0 amide bonds. The summed E-state index contributed by atoms with van der Waals surface area (Å²) in [5.41, 5.74) is 5.27. The van der Waals surface area contributed by atoms with Gasteiger partial charge in [0.1, 0.15) is 47.3 Å². The second-order valence-electron chi connectivity index (χ2n) is 15.4. The van der Waals surface area contributed by atoms with Crippen molar-refractivity contribution in [2.24, 2.45) is 5.92 Å². The molecule has 2 aromatic heterocycles. The molecule has 16 heteroatoms. The molecule has 0 spiro atoms. The lowest BCUT2D eigenvalue weighted by molar-refractivity contribution is -0.0999. The van der Waals surface area contributed by atoms with Gasteiger partial charge in [-0.1, -0.05) is 103 Å². The maximum atomic E-state index is 14.0. The summed E-state index contributed by atoms with van der Waals surface area (Å²) in [4.78, 5) is 14.6. The minimum atomic E-state index is -4.74. The largest absolute Gasteiger partial charge is 0.493 e. The number of halogens is 1. The molecule has 2 unspecified atom stereocenters. The van der Waals surface area contributed by atoms with Gasteiger partial charge in [0.15, 0.2) is 5.82 Å². The van der Waals surface area contributed by atoms with Gasteiger partial charge in [0.25, 0.3) is 0 Å². The van der Waals surface area contributed by atoms with Crippen LogP contribution in [0.4, 0.5) is 10.2 Å². The van der Waals surface area contributed by atoms with Crippen molar-refractivity contribution >= 4 is 19.2 Å². The van der Waals surface area contributed by atoms with Gasteiger partial charge in [0.05, 0.1) is 43.8 Å². The molecule has 0 saturated carbocycles. The van der Waals surface area contributed by atoms with E-state index < -0.39 is 50.1 Å². The molecule has 0 bridgehead atoms. The summed E-state index contributed by atoms with van der Waals surface area (Å²) in [6.45, 7) is 3.30. The summed E-state index contributed by atoms with van der Waals surface area (Å²) in [5, 5.41) is 35.2. The number of aromatic nitrogens is 3. The molecule has 318 valence electrons. The van der Waals surface area contributed by atoms with E-state index in [9.17, 15) is 29.3 Å². The Morgan fingerprint density at radius 3 is 2.21 bits per heavy atom. The van der Waals surface area contributed by atoms with Crippen LogP contribution in [0.15, 0.2) is 36.7 Å². The number of anilines is 1. The van der Waals surface area contributed by atoms with Crippen molar-refractivity contribution in [2.45, 2.75) is 140 Å². The number of nitriles is 1. The molecule has 0 aliphatic carbocycles. The molecule has 4 rings (SSSR count). The van der Waals surface area contributed by atoms with E-state index in [1.165, 1.54) is 107 Å². The molecule has 1 aliphatic heterocycles. The molecule has 3 aromatic rings. The molecular weight excluding hydrogens is 756 g/mol. The number of aliphatic hydroxyl groups excluding tert-OH is 2. The average Bonchev–Trinajstić information content (AvgIpc) is 3.72. The van der Waals surface area contributed by atoms with Crippen LogP contribution in [-0.2, 0) is 23.1 Å². The number of fused-ring (bicyclic) bond motifs is 1. The minimum Gasteiger partial charge on any atom is -0.493 e. The number of nitrogen functional groups attached to an aromatic ring is 1. The van der Waals surface area contributed by atoms with Crippen molar-refractivity contribution < 1.29 is 47.3 Å². The summed E-state index contributed by atoms with van der Waals surface area (Å²) in [6, 6.07) is 8.79. The number of hydrogen-bond donors (Lipinski definition) is 4. The molecule has 6 atom stereocenters. The van der Waals surface area contributed by atoms with Gasteiger partial charge in [-0.05, 0) is 37.6 Å². The van der Waals surface area contributed by atoms with E-state index in [2.05, 4.69) is 17.0 Å². The van der Waals surface area contributed by atoms with Crippen molar-refractivity contribution in [3.63, 3.8) is 0 Å². The van der Waals surface area contributed by atoms with Gasteiger partial charge < -0.3 is 35.1 Å². The number of aliphatic hydroxyl groups is 2. The first-order chi connectivity index (χ1) is 27.5. The molecule has 1 aromatic carbocycles. The van der Waals surface area contributed by atoms with Crippen molar-refractivity contribution in [1.29, 1.82) is 5.26 Å². The van der Waals surface area contributed by atoms with Gasteiger partial charge in [-0.3, -0.25) is 9.05 Å². The van der Waals surface area contributed by atoms with E-state index in [4.69, 9.17) is 29.0 Å². The Balaban J connectivity index is 1.19. The number of nitrogens with two attached hydrogens (primary N) is 1. The maximum absolute atomic E-state index is 14.0. The van der Waals surface area contributed by atoms with E-state index in [0.29, 0.717) is 17.8 Å². The fraction of sp³-hybridized carbons (Fsp3) is 0.683. The van der Waals surface area contributed by atoms with Crippen LogP contribution in [0.25, 0.3) is 5.52 Å². The van der Waals surface area contributed by atoms with Crippen LogP contribution in [0, 0.1) is 23.1 Å². The quantitative estimate of drug-likeness (QED) is 0.0388. The van der Waals surface area contributed by atoms with Gasteiger partial charge in [-0.2, -0.15) is 10.4 Å². The van der Waals surface area contributed by atoms with Crippen LogP contribution in [-0.4, -0.2) is 80.5 Å². The summed E-state index contributed by atoms with van der Waals surface area (Å²) >= 11 is 0. The molecule has 0 radical (unpaired) electrons. The van der Waals surface area contributed by atoms with Gasteiger partial charge in [0, 0.05) is 18.6 Å². The third kappa shape index (κ3) is 15.2. The minimum absolute atomic E-state index is 0.0694. The highest BCUT2D eigenvalue weighted by molar-refractivity contribution is 7.47. The third-order valence-electron chi connectivity index (χ3n) is 10.4. The number of phosphoric acid groups is 1. The van der Waals surface area contributed by atoms with Crippen molar-refractivity contribution in [1.82, 2.24) is 14.6 Å². The molecule has 3 heterocycles. The van der Waals surface area contributed by atoms with E-state index >= 15 is 0 Å². The fourth-order valence-corrected chi connectivity index (χ4v) is 7.91. The second kappa shape index (κ2) is 24.0. The molecule has 1 saturated heterocycles. The molecule has 57 heavy (non-hydrogen) atoms. The van der Waals surface area contributed by atoms with E-state index in [1.807, 2.05) is 6.07 Å². The highest BCUT2D eigenvalue weighted by atomic mass is 31.2. The Labute approximate surface area is 336 Å². The first-order valence-electron chi connectivity index (χ1n) is 20.6. The van der Waals surface area contributed by atoms with Crippen LogP contribution >= 0.6 is 7.82 Å². The SMILES string of the molecule is CCCCCCCCCCCCCCCCCCOCC(COc1cc(F)cc(C#N)c1)COP(=O)(O)OC[C@@]1(C)O[C@@H](c2ccc3c(N)ncnn23)[C@H](O)[C@@H]1O. The lowest BCUT2D eigenvalue weighted by Crippen LogP contribution is -2.44. The van der Waals surface area contributed by atoms with E-state index in [-0.39, 0.29) is 37.0 Å². The number of nitrogens with zero attached hydrogens (tertiary/aromatic N) is 4. The Kier molecular flexibility index (Phi) is 19.6. The predicted octanol–water partition coefficient (Wildman–Crippen LogP) is 7.98. The standard InChI is InChI=1S/C41H63FN5O9P/c1-3-4-5-6-7-8-9-10-11-12-13-14-15-16-17-18-21-52-26-32(27-53-34-23-31(25-43)22-33(42)24-34)28-54-57(50,51)55-29-41(2)39(49)37(48)38(56-41)35-19-20-36-40(44)45-30-46-47(35)36/h19-20,22-24,30,32,37-39,48-49H,3-18,21,26-29H2,1-2H3,(H,50,51)(H2,44,45,46)/t32?,37-,38-,39-,41+/m0/s1. The summed E-state index contributed by atoms with van der Waals surface area (Å²) in [7, 11) is -4.74. The van der Waals surface area contributed by atoms with Crippen LogP contribution < -0.4 is 10.5 Å². The Morgan fingerprint density at radius 1 is 0.947 bits per heavy atom. The van der Waals surface area contributed by atoms with Gasteiger partial charge in [0.2, 0.25) is 0 Å². The smallest absolute Gasteiger partial charge is 0.472 e. The van der Waals surface area contributed by atoms with Crippen LogP contribution in [0.3, 0.4) is 0 Å². The summed E-state index contributed by atoms with van der Waals surface area (Å²) < 4.78 is 56.9. The first-order valence-corrected chi connectivity index (χ1v) is 22.1. The van der Waals surface area contributed by atoms with Gasteiger partial charge in [-0.25, -0.2) is 18.5 Å². The highest BCUT2D eigenvalue weighted by Gasteiger charge is 2.53. The van der Waals surface area contributed by atoms with Crippen LogP contribution in [0.2, 0.25) is 0 Å². The maximum Gasteiger partial charge on any atom is 0.472 e. The summed E-state index contributed by atoms with van der Waals surface area (Å²) in [5.74, 6) is -0.872. The molecule has 1 aliphatic rings. The Hall–Kier alpha value is -3.19. The molecule has 1 fully saturated rings. The zero-order valence-electron chi connectivity index (χ0n) is 33.6. The van der Waals surface area contributed by atoms with Crippen LogP contribution in [0.1, 0.15) is 134 Å². The highest BCUT2D eigenvalue weighted by Crippen LogP contribution is 2.48. The zero-order chi connectivity index (χ0) is 41.1. The van der Waals surface area contributed by atoms with Gasteiger partial charge in [-0.15, -0.1) is 0 Å². The molecular formula is C41H63FN5O9P. The molecule has 14 nitrogen and oxygen atoms in total. The Morgan fingerprint density at radius 2 is 1.58 bits per heavy atom. The van der Waals surface area contributed by atoms with E-state index in [1.54, 1.807) is 12.1 Å². The van der Waals surface area contributed by atoms with E-state index in [0.717, 1.165) is 31.4 Å². The topological polar surface area (TPSA) is 204 Å². The Bertz CT molecular complexity index is 1730. The number of unbranched alkanes of at least 4 members (excludes halogenated alkanes) is 15. The van der Waals surface area contributed by atoms with Crippen molar-refractivity contribution in [2.75, 3.05) is 38.8 Å². The number of ether oxygens (including phenoxy) is 3. The van der Waals surface area contributed by atoms with Crippen molar-refractivity contribution in [3.8, 4) is 11.8 Å². The molecule has 5 N–H and O–H groups in total.